The minimum Gasteiger partial charge on any atom is -0.467 e. The summed E-state index contributed by atoms with van der Waals surface area (Å²) < 4.78 is 5.14. The van der Waals surface area contributed by atoms with Crippen molar-refractivity contribution < 1.29 is 9.53 Å². The SMILES string of the molecule is CCN(C)c1nc(OC)nc2c1CCNC2.CN1CCCC1.NC=O. The molecule has 1 aromatic heterocycles. The highest BCUT2D eigenvalue weighted by molar-refractivity contribution is 5.50. The summed E-state index contributed by atoms with van der Waals surface area (Å²) in [6, 6.07) is 0.456. The minimum atomic E-state index is 0.250. The maximum absolute atomic E-state index is 8.58. The van der Waals surface area contributed by atoms with Crippen molar-refractivity contribution in [2.45, 2.75) is 32.7 Å². The van der Waals surface area contributed by atoms with Crippen molar-refractivity contribution in [3.63, 3.8) is 0 Å². The molecule has 3 rings (SSSR count). The van der Waals surface area contributed by atoms with Crippen molar-refractivity contribution in [2.24, 2.45) is 5.73 Å². The van der Waals surface area contributed by atoms with Crippen LogP contribution in [0.15, 0.2) is 0 Å². The zero-order valence-corrected chi connectivity index (χ0v) is 15.9. The standard InChI is InChI=1S/C11H18N4O.C5H11N.CH3NO/c1-4-15(2)10-8-5-6-12-7-9(8)13-11(14-10)16-3;1-6-4-2-3-5-6;2-1-3/h12H,4-7H2,1-3H3;2-5H2,1H3;1H,(H2,2,3). The third kappa shape index (κ3) is 6.83. The number of nitrogens with zero attached hydrogens (tertiary/aromatic N) is 4. The zero-order chi connectivity index (χ0) is 18.7. The topological polar surface area (TPSA) is 96.6 Å². The first-order valence-electron chi connectivity index (χ1n) is 8.76. The molecule has 1 aromatic rings. The average Bonchev–Trinajstić information content (AvgIpc) is 3.12. The van der Waals surface area contributed by atoms with Gasteiger partial charge in [0.2, 0.25) is 6.41 Å². The van der Waals surface area contributed by atoms with Crippen molar-refractivity contribution in [3.05, 3.63) is 11.3 Å². The highest BCUT2D eigenvalue weighted by Gasteiger charge is 2.19. The van der Waals surface area contributed by atoms with Gasteiger partial charge in [-0.2, -0.15) is 9.97 Å². The van der Waals surface area contributed by atoms with Gasteiger partial charge in [-0.15, -0.1) is 0 Å². The lowest BCUT2D eigenvalue weighted by Crippen LogP contribution is -2.29. The average molecular weight is 352 g/mol. The number of nitrogens with one attached hydrogen (secondary N) is 1. The number of fused-ring (bicyclic) bond motifs is 1. The van der Waals surface area contributed by atoms with Crippen molar-refractivity contribution in [1.82, 2.24) is 20.2 Å². The molecular weight excluding hydrogens is 320 g/mol. The second-order valence-corrected chi connectivity index (χ2v) is 6.05. The summed E-state index contributed by atoms with van der Waals surface area (Å²) in [6.07, 6.45) is 4.06. The summed E-state index contributed by atoms with van der Waals surface area (Å²) in [6.45, 7) is 7.48. The Hall–Kier alpha value is -1.93. The lowest BCUT2D eigenvalue weighted by atomic mass is 10.1. The Labute approximate surface area is 150 Å². The Balaban J connectivity index is 0.000000287. The molecule has 0 aliphatic carbocycles. The zero-order valence-electron chi connectivity index (χ0n) is 15.9. The molecule has 3 heterocycles. The van der Waals surface area contributed by atoms with Crippen LogP contribution in [0.4, 0.5) is 5.82 Å². The highest BCUT2D eigenvalue weighted by Crippen LogP contribution is 2.24. The van der Waals surface area contributed by atoms with Crippen LogP contribution in [0, 0.1) is 0 Å². The van der Waals surface area contributed by atoms with Gasteiger partial charge in [-0.1, -0.05) is 0 Å². The molecule has 0 bridgehead atoms. The van der Waals surface area contributed by atoms with E-state index in [4.69, 9.17) is 9.53 Å². The lowest BCUT2D eigenvalue weighted by Gasteiger charge is -2.24. The van der Waals surface area contributed by atoms with E-state index in [-0.39, 0.29) is 6.41 Å². The first kappa shape index (κ1) is 21.1. The van der Waals surface area contributed by atoms with Crippen molar-refractivity contribution in [1.29, 1.82) is 0 Å². The first-order valence-corrected chi connectivity index (χ1v) is 8.76. The number of hydrogen-bond acceptors (Lipinski definition) is 7. The molecule has 25 heavy (non-hydrogen) atoms. The number of likely N-dealkylation sites (tertiary alicyclic amines) is 1. The van der Waals surface area contributed by atoms with Gasteiger partial charge >= 0.3 is 6.01 Å². The Kier molecular flexibility index (Phi) is 9.79. The van der Waals surface area contributed by atoms with Crippen LogP contribution < -0.4 is 20.7 Å². The van der Waals surface area contributed by atoms with Crippen LogP contribution in [-0.2, 0) is 17.8 Å². The predicted octanol–water partition coefficient (Wildman–Crippen LogP) is 0.401. The molecule has 0 atom stereocenters. The summed E-state index contributed by atoms with van der Waals surface area (Å²) in [4.78, 5) is 21.9. The third-order valence-corrected chi connectivity index (χ3v) is 4.24. The quantitative estimate of drug-likeness (QED) is 0.760. The summed E-state index contributed by atoms with van der Waals surface area (Å²) in [5, 5.41) is 3.31. The van der Waals surface area contributed by atoms with Crippen LogP contribution in [0.2, 0.25) is 0 Å². The van der Waals surface area contributed by atoms with E-state index in [9.17, 15) is 0 Å². The normalized spacial score (nSPS) is 15.8. The van der Waals surface area contributed by atoms with E-state index < -0.39 is 0 Å². The molecule has 8 nitrogen and oxygen atoms in total. The largest absolute Gasteiger partial charge is 0.467 e. The molecule has 142 valence electrons. The summed E-state index contributed by atoms with van der Waals surface area (Å²) in [5.41, 5.74) is 6.48. The molecular formula is C17H32N6O2. The number of anilines is 1. The van der Waals surface area contributed by atoms with Gasteiger partial charge in [-0.05, 0) is 52.9 Å². The first-order chi connectivity index (χ1) is 12.1. The van der Waals surface area contributed by atoms with Gasteiger partial charge in [0.1, 0.15) is 5.82 Å². The Bertz CT molecular complexity index is 520. The van der Waals surface area contributed by atoms with E-state index in [1.54, 1.807) is 7.11 Å². The highest BCUT2D eigenvalue weighted by atomic mass is 16.5. The molecule has 0 unspecified atom stereocenters. The van der Waals surface area contributed by atoms with Crippen LogP contribution in [0.1, 0.15) is 31.0 Å². The smallest absolute Gasteiger partial charge is 0.318 e. The van der Waals surface area contributed by atoms with Crippen LogP contribution in [0.3, 0.4) is 0 Å². The molecule has 8 heteroatoms. The van der Waals surface area contributed by atoms with E-state index in [2.05, 4.69) is 44.8 Å². The lowest BCUT2D eigenvalue weighted by molar-refractivity contribution is -0.106. The number of carbonyl (C=O) groups is 1. The number of ether oxygens (including phenoxy) is 1. The van der Waals surface area contributed by atoms with Crippen molar-refractivity contribution in [2.75, 3.05) is 52.3 Å². The number of carbonyl (C=O) groups excluding carboxylic acids is 1. The van der Waals surface area contributed by atoms with Gasteiger partial charge in [-0.3, -0.25) is 4.79 Å². The molecule has 0 spiro atoms. The number of methoxy groups -OCH3 is 1. The van der Waals surface area contributed by atoms with Gasteiger partial charge in [0, 0.05) is 25.7 Å². The van der Waals surface area contributed by atoms with E-state index in [1.165, 1.54) is 31.5 Å². The maximum atomic E-state index is 8.58. The van der Waals surface area contributed by atoms with E-state index >= 15 is 0 Å². The van der Waals surface area contributed by atoms with E-state index in [0.29, 0.717) is 6.01 Å². The molecule has 2 aliphatic heterocycles. The number of aromatic nitrogens is 2. The summed E-state index contributed by atoms with van der Waals surface area (Å²) in [5.74, 6) is 1.01. The van der Waals surface area contributed by atoms with Crippen LogP contribution in [0.25, 0.3) is 0 Å². The van der Waals surface area contributed by atoms with Crippen molar-refractivity contribution in [3.8, 4) is 6.01 Å². The maximum Gasteiger partial charge on any atom is 0.318 e. The van der Waals surface area contributed by atoms with Crippen LogP contribution in [-0.4, -0.2) is 68.7 Å². The number of amides is 1. The molecule has 0 aromatic carbocycles. The second kappa shape index (κ2) is 11.6. The summed E-state index contributed by atoms with van der Waals surface area (Å²) >= 11 is 0. The molecule has 0 radical (unpaired) electrons. The number of nitrogens with two attached hydrogens (primary N) is 1. The fourth-order valence-corrected chi connectivity index (χ4v) is 2.75. The minimum absolute atomic E-state index is 0.250. The fourth-order valence-electron chi connectivity index (χ4n) is 2.75. The predicted molar refractivity (Wildman–Crippen MR) is 99.9 cm³/mol. The van der Waals surface area contributed by atoms with Gasteiger partial charge in [0.15, 0.2) is 0 Å². The van der Waals surface area contributed by atoms with Gasteiger partial charge in [-0.25, -0.2) is 0 Å². The van der Waals surface area contributed by atoms with E-state index in [1.807, 2.05) is 7.05 Å². The Morgan fingerprint density at radius 2 is 2.00 bits per heavy atom. The Morgan fingerprint density at radius 1 is 1.36 bits per heavy atom. The van der Waals surface area contributed by atoms with Crippen LogP contribution >= 0.6 is 0 Å². The van der Waals surface area contributed by atoms with Crippen molar-refractivity contribution >= 4 is 12.2 Å². The number of hydrogen-bond donors (Lipinski definition) is 2. The van der Waals surface area contributed by atoms with Gasteiger partial charge in [0.05, 0.1) is 12.8 Å². The molecule has 1 amide bonds. The molecule has 3 N–H and O–H groups in total. The molecule has 1 fully saturated rings. The monoisotopic (exact) mass is 352 g/mol. The fraction of sp³-hybridized carbons (Fsp3) is 0.706. The number of primary amides is 1. The third-order valence-electron chi connectivity index (χ3n) is 4.24. The van der Waals surface area contributed by atoms with Gasteiger partial charge in [0.25, 0.3) is 0 Å². The second-order valence-electron chi connectivity index (χ2n) is 6.05. The van der Waals surface area contributed by atoms with Gasteiger partial charge < -0.3 is 25.6 Å². The molecule has 0 saturated carbocycles. The van der Waals surface area contributed by atoms with Crippen LogP contribution in [0.5, 0.6) is 6.01 Å². The molecule has 2 aliphatic rings. The number of rotatable bonds is 3. The Morgan fingerprint density at radius 3 is 2.48 bits per heavy atom. The summed E-state index contributed by atoms with van der Waals surface area (Å²) in [7, 11) is 5.82. The van der Waals surface area contributed by atoms with E-state index in [0.717, 1.165) is 37.6 Å². The molecule has 1 saturated heterocycles.